The topological polar surface area (TPSA) is 68.8 Å². The molecule has 3 heterocycles. The lowest BCUT2D eigenvalue weighted by Crippen LogP contribution is -2.56. The average Bonchev–Trinajstić information content (AvgIpc) is 2.58. The van der Waals surface area contributed by atoms with Crippen LogP contribution in [-0.2, 0) is 9.59 Å². The molecule has 2 amide bonds. The van der Waals surface area contributed by atoms with Crippen molar-refractivity contribution >= 4 is 17.6 Å². The number of anilines is 1. The van der Waals surface area contributed by atoms with Gasteiger partial charge >= 0.3 is 0 Å². The van der Waals surface area contributed by atoms with Crippen LogP contribution in [0.25, 0.3) is 0 Å². The highest BCUT2D eigenvalue weighted by atomic mass is 16.2. The number of rotatable bonds is 3. The molecule has 7 nitrogen and oxygen atoms in total. The minimum absolute atomic E-state index is 0.0419. The molecule has 130 valence electrons. The first kappa shape index (κ1) is 16.7. The molecule has 7 heteroatoms. The second-order valence-electron chi connectivity index (χ2n) is 6.55. The average molecular weight is 331 g/mol. The molecule has 0 aliphatic carbocycles. The van der Waals surface area contributed by atoms with Gasteiger partial charge in [-0.15, -0.1) is 0 Å². The maximum absolute atomic E-state index is 12.5. The smallest absolute Gasteiger partial charge is 0.237 e. The van der Waals surface area contributed by atoms with Crippen LogP contribution in [0.3, 0.4) is 0 Å². The summed E-state index contributed by atoms with van der Waals surface area (Å²) in [5, 5.41) is 2.84. The lowest BCUT2D eigenvalue weighted by Gasteiger charge is -2.37. The number of aromatic nitrogens is 1. The molecule has 2 saturated heterocycles. The quantitative estimate of drug-likeness (QED) is 0.835. The van der Waals surface area contributed by atoms with E-state index in [0.29, 0.717) is 19.6 Å². The second kappa shape index (κ2) is 7.17. The minimum atomic E-state index is -0.345. The third-order valence-electron chi connectivity index (χ3n) is 4.82. The minimum Gasteiger partial charge on any atom is -0.353 e. The molecule has 2 fully saturated rings. The second-order valence-corrected chi connectivity index (χ2v) is 6.55. The summed E-state index contributed by atoms with van der Waals surface area (Å²) in [6, 6.07) is 3.70. The van der Waals surface area contributed by atoms with Crippen LogP contribution in [0.2, 0.25) is 0 Å². The molecule has 0 radical (unpaired) electrons. The molecule has 2 aliphatic rings. The van der Waals surface area contributed by atoms with Crippen LogP contribution >= 0.6 is 0 Å². The van der Waals surface area contributed by atoms with E-state index in [9.17, 15) is 9.59 Å². The van der Waals surface area contributed by atoms with Crippen LogP contribution in [-0.4, -0.2) is 79.0 Å². The number of hydrogen-bond acceptors (Lipinski definition) is 5. The van der Waals surface area contributed by atoms with E-state index in [1.807, 2.05) is 29.1 Å². The number of hydrogen-bond donors (Lipinski definition) is 1. The summed E-state index contributed by atoms with van der Waals surface area (Å²) in [5.74, 6) is 0.980. The zero-order valence-corrected chi connectivity index (χ0v) is 14.4. The number of piperazine rings is 2. The van der Waals surface area contributed by atoms with Gasteiger partial charge in [-0.1, -0.05) is 0 Å². The van der Waals surface area contributed by atoms with Gasteiger partial charge in [0.05, 0.1) is 12.5 Å². The Morgan fingerprint density at radius 3 is 2.71 bits per heavy atom. The van der Waals surface area contributed by atoms with E-state index < -0.39 is 0 Å². The molecule has 0 unspecified atom stereocenters. The highest BCUT2D eigenvalue weighted by Crippen LogP contribution is 2.16. The van der Waals surface area contributed by atoms with Crippen LogP contribution < -0.4 is 10.2 Å². The van der Waals surface area contributed by atoms with Gasteiger partial charge in [0.2, 0.25) is 11.8 Å². The highest BCUT2D eigenvalue weighted by molar-refractivity contribution is 5.88. The van der Waals surface area contributed by atoms with E-state index in [2.05, 4.69) is 28.2 Å². The van der Waals surface area contributed by atoms with Crippen LogP contribution in [0, 0.1) is 6.92 Å². The van der Waals surface area contributed by atoms with Gasteiger partial charge in [-0.2, -0.15) is 0 Å². The number of carbonyl (C=O) groups is 2. The summed E-state index contributed by atoms with van der Waals surface area (Å²) in [4.78, 5) is 34.9. The summed E-state index contributed by atoms with van der Waals surface area (Å²) in [5.41, 5.74) is 1.19. The maximum Gasteiger partial charge on any atom is 0.237 e. The van der Waals surface area contributed by atoms with Gasteiger partial charge in [-0.3, -0.25) is 14.5 Å². The Kier molecular flexibility index (Phi) is 4.99. The van der Waals surface area contributed by atoms with E-state index in [1.54, 1.807) is 0 Å². The van der Waals surface area contributed by atoms with E-state index in [4.69, 9.17) is 0 Å². The molecule has 0 spiro atoms. The standard InChI is InChI=1S/C17H25N5O2/c1-13-3-4-18-15(11-13)21-7-9-22(10-8-21)16(23)12-14-17(24)19-5-6-20(14)2/h3-4,11,14H,5-10,12H2,1-2H3,(H,19,24)/t14-/m1/s1. The van der Waals surface area contributed by atoms with Gasteiger partial charge in [0.1, 0.15) is 5.82 Å². The lowest BCUT2D eigenvalue weighted by molar-refractivity contribution is -0.138. The van der Waals surface area contributed by atoms with Crippen molar-refractivity contribution in [2.24, 2.45) is 0 Å². The molecular formula is C17H25N5O2. The fourth-order valence-corrected chi connectivity index (χ4v) is 3.25. The predicted octanol–water partition coefficient (Wildman–Crippen LogP) is -0.141. The molecular weight excluding hydrogens is 306 g/mol. The predicted molar refractivity (Wildman–Crippen MR) is 91.8 cm³/mol. The van der Waals surface area contributed by atoms with E-state index in [0.717, 1.165) is 25.5 Å². The third-order valence-corrected chi connectivity index (χ3v) is 4.82. The van der Waals surface area contributed by atoms with Crippen LogP contribution in [0.5, 0.6) is 0 Å². The molecule has 0 saturated carbocycles. The summed E-state index contributed by atoms with van der Waals surface area (Å²) >= 11 is 0. The zero-order chi connectivity index (χ0) is 17.1. The Labute approximate surface area is 142 Å². The molecule has 1 atom stereocenters. The molecule has 24 heavy (non-hydrogen) atoms. The van der Waals surface area contributed by atoms with Gasteiger partial charge < -0.3 is 15.1 Å². The van der Waals surface area contributed by atoms with Crippen LogP contribution in [0.15, 0.2) is 18.3 Å². The SMILES string of the molecule is Cc1ccnc(N2CCN(C(=O)C[C@@H]3C(=O)NCCN3C)CC2)c1. The normalized spacial score (nSPS) is 22.4. The lowest BCUT2D eigenvalue weighted by atomic mass is 10.1. The van der Waals surface area contributed by atoms with E-state index in [1.165, 1.54) is 5.56 Å². The molecule has 1 aromatic rings. The number of carbonyl (C=O) groups excluding carboxylic acids is 2. The van der Waals surface area contributed by atoms with Crippen molar-refractivity contribution in [3.63, 3.8) is 0 Å². The summed E-state index contributed by atoms with van der Waals surface area (Å²) < 4.78 is 0. The molecule has 1 aromatic heterocycles. The van der Waals surface area contributed by atoms with Crippen molar-refractivity contribution in [1.29, 1.82) is 0 Å². The van der Waals surface area contributed by atoms with Crippen molar-refractivity contribution in [2.75, 3.05) is 51.2 Å². The van der Waals surface area contributed by atoms with Crippen LogP contribution in [0.1, 0.15) is 12.0 Å². The molecule has 0 bridgehead atoms. The number of nitrogens with one attached hydrogen (secondary N) is 1. The maximum atomic E-state index is 12.5. The van der Waals surface area contributed by atoms with Gasteiger partial charge in [-0.25, -0.2) is 4.98 Å². The first-order chi connectivity index (χ1) is 11.5. The fraction of sp³-hybridized carbons (Fsp3) is 0.588. The number of likely N-dealkylation sites (N-methyl/N-ethyl adjacent to an activating group) is 1. The third kappa shape index (κ3) is 3.67. The Morgan fingerprint density at radius 2 is 2.04 bits per heavy atom. The first-order valence-electron chi connectivity index (χ1n) is 8.48. The molecule has 1 N–H and O–H groups in total. The first-order valence-corrected chi connectivity index (χ1v) is 8.48. The number of pyridine rings is 1. The van der Waals surface area contributed by atoms with Crippen molar-refractivity contribution in [3.05, 3.63) is 23.9 Å². The molecule has 3 rings (SSSR count). The Morgan fingerprint density at radius 1 is 1.29 bits per heavy atom. The summed E-state index contributed by atoms with van der Waals surface area (Å²) in [6.45, 7) is 6.39. The fourth-order valence-electron chi connectivity index (χ4n) is 3.25. The van der Waals surface area contributed by atoms with Crippen molar-refractivity contribution in [2.45, 2.75) is 19.4 Å². The van der Waals surface area contributed by atoms with Gasteiger partial charge in [0.15, 0.2) is 0 Å². The summed E-state index contributed by atoms with van der Waals surface area (Å²) in [7, 11) is 1.90. The van der Waals surface area contributed by atoms with E-state index in [-0.39, 0.29) is 24.3 Å². The van der Waals surface area contributed by atoms with Crippen molar-refractivity contribution in [3.8, 4) is 0 Å². The number of nitrogens with zero attached hydrogens (tertiary/aromatic N) is 4. The van der Waals surface area contributed by atoms with Gasteiger partial charge in [-0.05, 0) is 31.7 Å². The van der Waals surface area contributed by atoms with Gasteiger partial charge in [0.25, 0.3) is 0 Å². The number of amides is 2. The highest BCUT2D eigenvalue weighted by Gasteiger charge is 2.31. The van der Waals surface area contributed by atoms with Crippen molar-refractivity contribution < 1.29 is 9.59 Å². The molecule has 2 aliphatic heterocycles. The zero-order valence-electron chi connectivity index (χ0n) is 14.4. The molecule has 0 aromatic carbocycles. The van der Waals surface area contributed by atoms with Crippen molar-refractivity contribution in [1.82, 2.24) is 20.1 Å². The Hall–Kier alpha value is -2.15. The van der Waals surface area contributed by atoms with E-state index >= 15 is 0 Å². The summed E-state index contributed by atoms with van der Waals surface area (Å²) in [6.07, 6.45) is 2.07. The van der Waals surface area contributed by atoms with Crippen LogP contribution in [0.4, 0.5) is 5.82 Å². The Bertz CT molecular complexity index is 613. The largest absolute Gasteiger partial charge is 0.353 e. The van der Waals surface area contributed by atoms with Gasteiger partial charge in [0, 0.05) is 45.5 Å². The number of aryl methyl sites for hydroxylation is 1. The Balaban J connectivity index is 1.54. The monoisotopic (exact) mass is 331 g/mol.